The van der Waals surface area contributed by atoms with Crippen LogP contribution in [-0.2, 0) is 20.1 Å². The second-order valence-electron chi connectivity index (χ2n) is 17.4. The third-order valence-electron chi connectivity index (χ3n) is 11.7. The Balaban J connectivity index is 0.000000172. The molecule has 307 valence electrons. The molecule has 0 saturated heterocycles. The summed E-state index contributed by atoms with van der Waals surface area (Å²) in [6.07, 6.45) is -0.251. The maximum atomic E-state index is 6.42. The quantitative estimate of drug-likeness (QED) is 0.118. The minimum atomic E-state index is -2.06. The Labute approximate surface area is 377 Å². The Morgan fingerprint density at radius 3 is 2.02 bits per heavy atom. The average molecular weight is 1030 g/mol. The standard InChI is InChI=1S/C31H28N2O.C25H22Ge.Ir/c1-19(2)21-12-9-13-22(20(3)4)29(21)33-27-17-7-6-16-26(27)32-31(33)25-15-10-14-24-23-11-5-8-18-28(23)34-30(24)25;1-26(2,3)25-17-16-21(19-10-5-4-6-11-19)18-24(25)23-15-9-13-20-12-7-8-14-22(20)23;/h5-14,16-20,31H,1-4H3;4-10,12-15,17-18H,1-3H3;/q2*-2;. The van der Waals surface area contributed by atoms with E-state index in [1.807, 2.05) is 30.3 Å². The topological polar surface area (TPSA) is 30.5 Å². The number of rotatable bonds is 7. The van der Waals surface area contributed by atoms with Crippen molar-refractivity contribution in [3.05, 3.63) is 198 Å². The van der Waals surface area contributed by atoms with Gasteiger partial charge in [0, 0.05) is 42.4 Å². The summed E-state index contributed by atoms with van der Waals surface area (Å²) in [4.78, 5) is 2.42. The monoisotopic (exact) mass is 1030 g/mol. The first-order valence-corrected chi connectivity index (χ1v) is 28.5. The number of anilines is 2. The van der Waals surface area contributed by atoms with E-state index in [-0.39, 0.29) is 26.3 Å². The zero-order valence-corrected chi connectivity index (χ0v) is 40.4. The molecule has 1 radical (unpaired) electrons. The van der Waals surface area contributed by atoms with Gasteiger partial charge in [-0.05, 0) is 41.3 Å². The van der Waals surface area contributed by atoms with Crippen molar-refractivity contribution in [1.29, 1.82) is 0 Å². The molecule has 0 bridgehead atoms. The molecule has 1 unspecified atom stereocenters. The summed E-state index contributed by atoms with van der Waals surface area (Å²) in [5.74, 6) is 8.12. The Hall–Kier alpha value is -5.39. The summed E-state index contributed by atoms with van der Waals surface area (Å²) in [5.41, 5.74) is 13.7. The van der Waals surface area contributed by atoms with E-state index in [9.17, 15) is 0 Å². The van der Waals surface area contributed by atoms with E-state index in [2.05, 4.69) is 195 Å². The molecule has 8 aromatic carbocycles. The van der Waals surface area contributed by atoms with Crippen LogP contribution < -0.4 is 9.30 Å². The van der Waals surface area contributed by atoms with Gasteiger partial charge < -0.3 is 14.6 Å². The Kier molecular flexibility index (Phi) is 12.2. The molecule has 1 aliphatic rings. The second kappa shape index (κ2) is 17.5. The predicted molar refractivity (Wildman–Crippen MR) is 257 cm³/mol. The molecule has 0 saturated carbocycles. The molecule has 2 heterocycles. The Bertz CT molecular complexity index is 2950. The third kappa shape index (κ3) is 8.10. The molecule has 0 aliphatic carbocycles. The SMILES string of the molecule is CC(C)c1cccc(C(C)C)c1N1c2ccccc2[N-]C1c1[c-]ccc2c1oc1ccccc12.[CH3][Ge]([CH3])([CH3])[c]1c[c-]c(-c2[c-]cccc2)cc1-c1cccc2ccccc12.[Ir]. The van der Waals surface area contributed by atoms with Crippen LogP contribution >= 0.6 is 0 Å². The summed E-state index contributed by atoms with van der Waals surface area (Å²) in [5, 5.41) is 10.1. The van der Waals surface area contributed by atoms with Crippen molar-refractivity contribution in [2.45, 2.75) is 63.0 Å². The third-order valence-corrected chi connectivity index (χ3v) is 16.0. The minimum Gasteiger partial charge on any atom is 0 e. The minimum absolute atomic E-state index is 0. The van der Waals surface area contributed by atoms with Crippen molar-refractivity contribution in [3.63, 3.8) is 0 Å². The number of benzene rings is 8. The van der Waals surface area contributed by atoms with E-state index in [1.54, 1.807) is 0 Å². The molecule has 5 heteroatoms. The van der Waals surface area contributed by atoms with Crippen LogP contribution in [-0.4, -0.2) is 13.3 Å². The first-order valence-electron chi connectivity index (χ1n) is 21.1. The van der Waals surface area contributed by atoms with Crippen LogP contribution in [0.4, 0.5) is 17.1 Å². The molecule has 61 heavy (non-hydrogen) atoms. The summed E-state index contributed by atoms with van der Waals surface area (Å²) in [6.45, 7) is 9.07. The van der Waals surface area contributed by atoms with Gasteiger partial charge in [0.1, 0.15) is 5.58 Å². The van der Waals surface area contributed by atoms with Gasteiger partial charge in [0.05, 0.1) is 0 Å². The Morgan fingerprint density at radius 2 is 1.28 bits per heavy atom. The van der Waals surface area contributed by atoms with Crippen molar-refractivity contribution >= 4 is 67.4 Å². The fourth-order valence-electron chi connectivity index (χ4n) is 8.74. The van der Waals surface area contributed by atoms with E-state index >= 15 is 0 Å². The van der Waals surface area contributed by atoms with Crippen LogP contribution in [0.2, 0.25) is 17.3 Å². The molecule has 10 rings (SSSR count). The van der Waals surface area contributed by atoms with Crippen LogP contribution in [0.25, 0.3) is 60.3 Å². The molecule has 0 spiro atoms. The fraction of sp³-hybridized carbons (Fsp3) is 0.179. The summed E-state index contributed by atoms with van der Waals surface area (Å²) in [6, 6.07) is 65.9. The molecular weight excluding hydrogens is 981 g/mol. The van der Waals surface area contributed by atoms with Crippen LogP contribution in [0.3, 0.4) is 0 Å². The van der Waals surface area contributed by atoms with E-state index in [4.69, 9.17) is 9.73 Å². The normalized spacial score (nSPS) is 13.6. The van der Waals surface area contributed by atoms with Crippen LogP contribution in [0.1, 0.15) is 62.4 Å². The van der Waals surface area contributed by atoms with E-state index in [0.717, 1.165) is 50.0 Å². The van der Waals surface area contributed by atoms with Gasteiger partial charge in [-0.1, -0.05) is 87.7 Å². The number of para-hydroxylation sites is 4. The zero-order chi connectivity index (χ0) is 41.5. The van der Waals surface area contributed by atoms with Gasteiger partial charge in [0.2, 0.25) is 0 Å². The molecular formula is C56H50GeIrN2O-4. The van der Waals surface area contributed by atoms with E-state index in [0.29, 0.717) is 11.8 Å². The smallest absolute Gasteiger partial charge is 0 e. The maximum Gasteiger partial charge on any atom is 0 e. The van der Waals surface area contributed by atoms with E-state index < -0.39 is 13.3 Å². The van der Waals surface area contributed by atoms with Crippen LogP contribution in [0, 0.1) is 18.2 Å². The molecule has 9 aromatic rings. The van der Waals surface area contributed by atoms with Crippen molar-refractivity contribution in [3.8, 4) is 22.3 Å². The Morgan fingerprint density at radius 1 is 0.607 bits per heavy atom. The number of hydrogen-bond acceptors (Lipinski definition) is 2. The van der Waals surface area contributed by atoms with Gasteiger partial charge >= 0.3 is 159 Å². The summed E-state index contributed by atoms with van der Waals surface area (Å²) < 4.78 is 7.92. The number of nitrogens with zero attached hydrogens (tertiary/aromatic N) is 2. The predicted octanol–water partition coefficient (Wildman–Crippen LogP) is 15.8. The first kappa shape index (κ1) is 42.3. The first-order chi connectivity index (χ1) is 29.1. The molecule has 0 N–H and O–H groups in total. The van der Waals surface area contributed by atoms with Crippen LogP contribution in [0.15, 0.2) is 162 Å². The number of fused-ring (bicyclic) bond motifs is 5. The average Bonchev–Trinajstić information content (AvgIpc) is 3.85. The van der Waals surface area contributed by atoms with Gasteiger partial charge in [-0.15, -0.1) is 11.3 Å². The molecule has 3 nitrogen and oxygen atoms in total. The van der Waals surface area contributed by atoms with E-state index in [1.165, 1.54) is 43.1 Å². The van der Waals surface area contributed by atoms with Gasteiger partial charge in [0.25, 0.3) is 0 Å². The van der Waals surface area contributed by atoms with Gasteiger partial charge in [0.15, 0.2) is 0 Å². The number of hydrogen-bond donors (Lipinski definition) is 0. The fourth-order valence-corrected chi connectivity index (χ4v) is 11.9. The van der Waals surface area contributed by atoms with Crippen molar-refractivity contribution in [1.82, 2.24) is 0 Å². The molecule has 0 amide bonds. The van der Waals surface area contributed by atoms with Crippen LogP contribution in [0.5, 0.6) is 0 Å². The molecule has 1 atom stereocenters. The maximum absolute atomic E-state index is 6.42. The summed E-state index contributed by atoms with van der Waals surface area (Å²) >= 11 is -2.06. The zero-order valence-electron chi connectivity index (χ0n) is 35.9. The van der Waals surface area contributed by atoms with Gasteiger partial charge in [-0.2, -0.15) is 18.2 Å². The van der Waals surface area contributed by atoms with Crippen molar-refractivity contribution in [2.24, 2.45) is 0 Å². The largest absolute Gasteiger partial charge is 0 e. The molecule has 1 aromatic heterocycles. The van der Waals surface area contributed by atoms with Crippen molar-refractivity contribution < 1.29 is 24.5 Å². The van der Waals surface area contributed by atoms with Gasteiger partial charge in [-0.25, -0.2) is 0 Å². The molecule has 1 aliphatic heterocycles. The summed E-state index contributed by atoms with van der Waals surface area (Å²) in [7, 11) is 0. The van der Waals surface area contributed by atoms with Crippen molar-refractivity contribution in [2.75, 3.05) is 4.90 Å². The number of furan rings is 1. The molecule has 0 fully saturated rings. The van der Waals surface area contributed by atoms with Gasteiger partial charge in [-0.3, -0.25) is 0 Å². The second-order valence-corrected chi connectivity index (χ2v) is 28.0.